The predicted molar refractivity (Wildman–Crippen MR) is 52.9 cm³/mol. The second-order valence-electron chi connectivity index (χ2n) is 2.47. The molecule has 0 saturated carbocycles. The molecule has 0 heterocycles. The molecule has 0 aliphatic rings. The third-order valence-electron chi connectivity index (χ3n) is 1.56. The van der Waals surface area contributed by atoms with Crippen LogP contribution in [0.5, 0.6) is 0 Å². The molecule has 0 atom stereocenters. The van der Waals surface area contributed by atoms with Crippen LogP contribution < -0.4 is 5.32 Å². The molecule has 0 aliphatic carbocycles. The Morgan fingerprint density at radius 1 is 1.57 bits per heavy atom. The number of rotatable bonds is 2. The second kappa shape index (κ2) is 4.62. The SMILES string of the molecule is COC(=O)Nc1ccc(Cl)cc1C=O. The topological polar surface area (TPSA) is 55.4 Å². The fourth-order valence-electron chi connectivity index (χ4n) is 0.906. The first-order chi connectivity index (χ1) is 6.67. The van der Waals surface area contributed by atoms with E-state index in [1.807, 2.05) is 0 Å². The molecule has 0 spiro atoms. The molecular formula is C9H8ClNO3. The van der Waals surface area contributed by atoms with Crippen LogP contribution in [0.15, 0.2) is 18.2 Å². The number of aldehydes is 1. The summed E-state index contributed by atoms with van der Waals surface area (Å²) in [5.41, 5.74) is 0.680. The number of halogens is 1. The first-order valence-electron chi connectivity index (χ1n) is 3.77. The van der Waals surface area contributed by atoms with Gasteiger partial charge in [0.1, 0.15) is 0 Å². The van der Waals surface area contributed by atoms with E-state index >= 15 is 0 Å². The average molecular weight is 214 g/mol. The van der Waals surface area contributed by atoms with Gasteiger partial charge in [-0.05, 0) is 18.2 Å². The highest BCUT2D eigenvalue weighted by Crippen LogP contribution is 2.18. The lowest BCUT2D eigenvalue weighted by Gasteiger charge is -2.05. The van der Waals surface area contributed by atoms with Crippen molar-refractivity contribution in [3.05, 3.63) is 28.8 Å². The lowest BCUT2D eigenvalue weighted by molar-refractivity contribution is 0.112. The third-order valence-corrected chi connectivity index (χ3v) is 1.80. The van der Waals surface area contributed by atoms with Crippen molar-refractivity contribution in [2.75, 3.05) is 12.4 Å². The fourth-order valence-corrected chi connectivity index (χ4v) is 1.09. The summed E-state index contributed by atoms with van der Waals surface area (Å²) in [6, 6.07) is 4.56. The summed E-state index contributed by atoms with van der Waals surface area (Å²) < 4.78 is 4.38. The molecule has 0 unspecified atom stereocenters. The molecule has 1 rings (SSSR count). The van der Waals surface area contributed by atoms with Gasteiger partial charge in [0.05, 0.1) is 12.8 Å². The molecular weight excluding hydrogens is 206 g/mol. The number of anilines is 1. The monoisotopic (exact) mass is 213 g/mol. The molecule has 1 N–H and O–H groups in total. The quantitative estimate of drug-likeness (QED) is 0.768. The highest BCUT2D eigenvalue weighted by Gasteiger charge is 2.06. The van der Waals surface area contributed by atoms with E-state index in [2.05, 4.69) is 10.1 Å². The van der Waals surface area contributed by atoms with Crippen LogP contribution in [0.3, 0.4) is 0 Å². The van der Waals surface area contributed by atoms with Crippen molar-refractivity contribution in [2.24, 2.45) is 0 Å². The Kier molecular flexibility index (Phi) is 3.48. The van der Waals surface area contributed by atoms with Crippen LogP contribution in [0.2, 0.25) is 5.02 Å². The molecule has 1 aromatic carbocycles. The van der Waals surface area contributed by atoms with E-state index in [0.29, 0.717) is 22.6 Å². The summed E-state index contributed by atoms with van der Waals surface area (Å²) in [6.07, 6.45) is -0.0210. The minimum absolute atomic E-state index is 0.308. The van der Waals surface area contributed by atoms with Crippen molar-refractivity contribution in [3.63, 3.8) is 0 Å². The summed E-state index contributed by atoms with van der Waals surface area (Å²) in [5, 5.41) is 2.82. The summed E-state index contributed by atoms with van der Waals surface area (Å²) in [7, 11) is 1.24. The molecule has 0 fully saturated rings. The number of ether oxygens (including phenoxy) is 1. The van der Waals surface area contributed by atoms with Gasteiger partial charge in [0.15, 0.2) is 6.29 Å². The Morgan fingerprint density at radius 2 is 2.29 bits per heavy atom. The Hall–Kier alpha value is -1.55. The number of benzene rings is 1. The van der Waals surface area contributed by atoms with Crippen LogP contribution in [0.1, 0.15) is 10.4 Å². The van der Waals surface area contributed by atoms with Crippen molar-refractivity contribution in [2.45, 2.75) is 0 Å². The molecule has 0 aromatic heterocycles. The number of amides is 1. The Morgan fingerprint density at radius 3 is 2.86 bits per heavy atom. The molecule has 0 aliphatic heterocycles. The largest absolute Gasteiger partial charge is 0.453 e. The number of carbonyl (C=O) groups is 2. The Labute approximate surface area is 85.8 Å². The number of nitrogens with one attached hydrogen (secondary N) is 1. The van der Waals surface area contributed by atoms with Crippen LogP contribution in [0, 0.1) is 0 Å². The van der Waals surface area contributed by atoms with Crippen molar-refractivity contribution >= 4 is 29.7 Å². The van der Waals surface area contributed by atoms with Crippen LogP contribution in [0.4, 0.5) is 10.5 Å². The lowest BCUT2D eigenvalue weighted by Crippen LogP contribution is -2.12. The van der Waals surface area contributed by atoms with Crippen LogP contribution in [-0.4, -0.2) is 19.5 Å². The number of carbonyl (C=O) groups excluding carboxylic acids is 2. The smallest absolute Gasteiger partial charge is 0.411 e. The van der Waals surface area contributed by atoms with E-state index in [1.165, 1.54) is 19.2 Å². The second-order valence-corrected chi connectivity index (χ2v) is 2.90. The van der Waals surface area contributed by atoms with Crippen LogP contribution in [-0.2, 0) is 4.74 Å². The molecule has 74 valence electrons. The van der Waals surface area contributed by atoms with Gasteiger partial charge < -0.3 is 4.74 Å². The highest BCUT2D eigenvalue weighted by molar-refractivity contribution is 6.31. The third kappa shape index (κ3) is 2.47. The van der Waals surface area contributed by atoms with Crippen LogP contribution >= 0.6 is 11.6 Å². The van der Waals surface area contributed by atoms with Gasteiger partial charge in [0.2, 0.25) is 0 Å². The van der Waals surface area contributed by atoms with Gasteiger partial charge in [-0.15, -0.1) is 0 Å². The van der Waals surface area contributed by atoms with Gasteiger partial charge in [-0.3, -0.25) is 10.1 Å². The maximum atomic E-state index is 10.9. The van der Waals surface area contributed by atoms with Gasteiger partial charge in [-0.25, -0.2) is 4.79 Å². The Balaban J connectivity index is 2.96. The minimum atomic E-state index is -0.629. The zero-order valence-electron chi connectivity index (χ0n) is 7.41. The minimum Gasteiger partial charge on any atom is -0.453 e. The first-order valence-corrected chi connectivity index (χ1v) is 4.15. The normalized spacial score (nSPS) is 9.29. The molecule has 0 radical (unpaired) electrons. The van der Waals surface area contributed by atoms with Crippen molar-refractivity contribution in [1.29, 1.82) is 0 Å². The number of methoxy groups -OCH3 is 1. The Bertz CT molecular complexity index is 365. The van der Waals surface area contributed by atoms with E-state index in [1.54, 1.807) is 6.07 Å². The summed E-state index contributed by atoms with van der Waals surface area (Å²) in [5.74, 6) is 0. The van der Waals surface area contributed by atoms with Crippen molar-refractivity contribution < 1.29 is 14.3 Å². The average Bonchev–Trinajstić information content (AvgIpc) is 2.20. The molecule has 5 heteroatoms. The number of hydrogen-bond acceptors (Lipinski definition) is 3. The van der Waals surface area contributed by atoms with E-state index in [9.17, 15) is 9.59 Å². The summed E-state index contributed by atoms with van der Waals surface area (Å²) in [4.78, 5) is 21.5. The van der Waals surface area contributed by atoms with Gasteiger partial charge in [0, 0.05) is 10.6 Å². The molecule has 4 nitrogen and oxygen atoms in total. The van der Waals surface area contributed by atoms with E-state index in [0.717, 1.165) is 0 Å². The van der Waals surface area contributed by atoms with E-state index < -0.39 is 6.09 Å². The van der Waals surface area contributed by atoms with Gasteiger partial charge in [0.25, 0.3) is 0 Å². The van der Waals surface area contributed by atoms with E-state index in [4.69, 9.17) is 11.6 Å². The lowest BCUT2D eigenvalue weighted by atomic mass is 10.2. The van der Waals surface area contributed by atoms with Crippen LogP contribution in [0.25, 0.3) is 0 Å². The van der Waals surface area contributed by atoms with Crippen molar-refractivity contribution in [3.8, 4) is 0 Å². The number of hydrogen-bond donors (Lipinski definition) is 1. The fraction of sp³-hybridized carbons (Fsp3) is 0.111. The summed E-state index contributed by atoms with van der Waals surface area (Å²) in [6.45, 7) is 0. The maximum Gasteiger partial charge on any atom is 0.411 e. The zero-order chi connectivity index (χ0) is 10.6. The van der Waals surface area contributed by atoms with Gasteiger partial charge >= 0.3 is 6.09 Å². The summed E-state index contributed by atoms with van der Waals surface area (Å²) >= 11 is 5.66. The maximum absolute atomic E-state index is 10.9. The molecule has 1 aromatic rings. The zero-order valence-corrected chi connectivity index (χ0v) is 8.17. The van der Waals surface area contributed by atoms with Crippen molar-refractivity contribution in [1.82, 2.24) is 0 Å². The van der Waals surface area contributed by atoms with Gasteiger partial charge in [-0.2, -0.15) is 0 Å². The van der Waals surface area contributed by atoms with Gasteiger partial charge in [-0.1, -0.05) is 11.6 Å². The van der Waals surface area contributed by atoms with E-state index in [-0.39, 0.29) is 0 Å². The predicted octanol–water partition coefficient (Wildman–Crippen LogP) is 2.33. The first kappa shape index (κ1) is 10.5. The standard InChI is InChI=1S/C9H8ClNO3/c1-14-9(13)11-8-3-2-7(10)4-6(8)5-12/h2-5H,1H3,(H,11,13). The highest BCUT2D eigenvalue weighted by atomic mass is 35.5. The molecule has 0 bridgehead atoms. The molecule has 0 saturated heterocycles. The molecule has 1 amide bonds. The molecule has 14 heavy (non-hydrogen) atoms.